The van der Waals surface area contributed by atoms with Gasteiger partial charge in [-0.2, -0.15) is 5.10 Å². The van der Waals surface area contributed by atoms with Crippen LogP contribution in [0.3, 0.4) is 0 Å². The van der Waals surface area contributed by atoms with Crippen LogP contribution in [0.2, 0.25) is 0 Å². The monoisotopic (exact) mass is 351 g/mol. The third-order valence-corrected chi connectivity index (χ3v) is 5.04. The second-order valence-electron chi connectivity index (χ2n) is 6.11. The molecule has 1 amide bonds. The lowest BCUT2D eigenvalue weighted by Crippen LogP contribution is -2.60. The van der Waals surface area contributed by atoms with E-state index in [2.05, 4.69) is 45.2 Å². The lowest BCUT2D eigenvalue weighted by molar-refractivity contribution is 0.0200. The Kier molecular flexibility index (Phi) is 3.49. The van der Waals surface area contributed by atoms with Gasteiger partial charge in [-0.1, -0.05) is 13.8 Å². The Hall–Kier alpha value is -1.47. The molecule has 3 rings (SSSR count). The maximum absolute atomic E-state index is 12.4. The third-order valence-electron chi connectivity index (χ3n) is 4.63. The topological polar surface area (TPSA) is 85.3 Å². The first-order valence-electron chi connectivity index (χ1n) is 6.93. The highest BCUT2D eigenvalue weighted by molar-refractivity contribution is 9.10. The van der Waals surface area contributed by atoms with Crippen LogP contribution in [-0.4, -0.2) is 33.1 Å². The van der Waals surface area contributed by atoms with Crippen LogP contribution >= 0.6 is 15.9 Å². The van der Waals surface area contributed by atoms with E-state index < -0.39 is 0 Å². The van der Waals surface area contributed by atoms with Crippen molar-refractivity contribution in [2.75, 3.05) is 6.54 Å². The quantitative estimate of drug-likeness (QED) is 0.879. The van der Waals surface area contributed by atoms with Gasteiger partial charge in [0.15, 0.2) is 5.65 Å². The molecule has 2 unspecified atom stereocenters. The predicted octanol–water partition coefficient (Wildman–Crippen LogP) is 1.60. The SMILES string of the molecule is CC1(C)C(CN)CC1NC(=O)c1cnn2cc(Br)cnc12. The Bertz CT molecular complexity index is 696. The van der Waals surface area contributed by atoms with Gasteiger partial charge in [0, 0.05) is 18.4 Å². The van der Waals surface area contributed by atoms with Crippen molar-refractivity contribution in [1.29, 1.82) is 0 Å². The predicted molar refractivity (Wildman–Crippen MR) is 82.9 cm³/mol. The second-order valence-corrected chi connectivity index (χ2v) is 7.03. The van der Waals surface area contributed by atoms with E-state index in [4.69, 9.17) is 5.73 Å². The van der Waals surface area contributed by atoms with Crippen molar-refractivity contribution in [2.45, 2.75) is 26.3 Å². The number of hydrogen-bond acceptors (Lipinski definition) is 4. The standard InChI is InChI=1S/C14H18BrN5O/c1-14(2)8(4-16)3-11(14)19-13(21)10-6-18-20-7-9(15)5-17-12(10)20/h5-8,11H,3-4,16H2,1-2H3,(H,19,21). The summed E-state index contributed by atoms with van der Waals surface area (Å²) in [6, 6.07) is 0.143. The molecule has 1 saturated carbocycles. The van der Waals surface area contributed by atoms with Crippen LogP contribution in [0.25, 0.3) is 5.65 Å². The fraction of sp³-hybridized carbons (Fsp3) is 0.500. The van der Waals surface area contributed by atoms with E-state index in [-0.39, 0.29) is 17.4 Å². The smallest absolute Gasteiger partial charge is 0.257 e. The van der Waals surface area contributed by atoms with Gasteiger partial charge in [0.25, 0.3) is 5.91 Å². The Morgan fingerprint density at radius 3 is 3.00 bits per heavy atom. The number of fused-ring (bicyclic) bond motifs is 1. The summed E-state index contributed by atoms with van der Waals surface area (Å²) in [4.78, 5) is 16.7. The largest absolute Gasteiger partial charge is 0.349 e. The van der Waals surface area contributed by atoms with E-state index in [0.29, 0.717) is 23.7 Å². The van der Waals surface area contributed by atoms with Gasteiger partial charge in [-0.3, -0.25) is 4.79 Å². The number of halogens is 1. The molecule has 1 aliphatic rings. The number of carbonyl (C=O) groups excluding carboxylic acids is 1. The first-order chi connectivity index (χ1) is 9.93. The van der Waals surface area contributed by atoms with E-state index in [1.54, 1.807) is 23.1 Å². The minimum absolute atomic E-state index is 0.0316. The van der Waals surface area contributed by atoms with Crippen molar-refractivity contribution < 1.29 is 4.79 Å². The van der Waals surface area contributed by atoms with Gasteiger partial charge >= 0.3 is 0 Å². The highest BCUT2D eigenvalue weighted by Gasteiger charge is 2.47. The molecular weight excluding hydrogens is 334 g/mol. The zero-order chi connectivity index (χ0) is 15.2. The molecule has 6 nitrogen and oxygen atoms in total. The van der Waals surface area contributed by atoms with Crippen LogP contribution < -0.4 is 11.1 Å². The average molecular weight is 352 g/mol. The molecule has 2 heterocycles. The Morgan fingerprint density at radius 2 is 2.33 bits per heavy atom. The lowest BCUT2D eigenvalue weighted by atomic mass is 9.58. The number of hydrogen-bond donors (Lipinski definition) is 2. The van der Waals surface area contributed by atoms with Gasteiger partial charge in [-0.05, 0) is 40.2 Å². The molecule has 0 spiro atoms. The summed E-state index contributed by atoms with van der Waals surface area (Å²) < 4.78 is 2.41. The van der Waals surface area contributed by atoms with Crippen molar-refractivity contribution in [1.82, 2.24) is 19.9 Å². The summed E-state index contributed by atoms with van der Waals surface area (Å²) >= 11 is 3.33. The zero-order valence-electron chi connectivity index (χ0n) is 12.0. The number of nitrogens with one attached hydrogen (secondary N) is 1. The summed E-state index contributed by atoms with van der Waals surface area (Å²) in [6.07, 6.45) is 5.91. The molecule has 7 heteroatoms. The van der Waals surface area contributed by atoms with E-state index in [1.165, 1.54) is 0 Å². The Balaban J connectivity index is 1.79. The van der Waals surface area contributed by atoms with Crippen molar-refractivity contribution in [3.63, 3.8) is 0 Å². The number of aromatic nitrogens is 3. The van der Waals surface area contributed by atoms with Gasteiger partial charge in [0.05, 0.1) is 10.7 Å². The minimum atomic E-state index is -0.131. The first-order valence-corrected chi connectivity index (χ1v) is 7.72. The zero-order valence-corrected chi connectivity index (χ0v) is 13.6. The summed E-state index contributed by atoms with van der Waals surface area (Å²) in [5.41, 5.74) is 6.83. The van der Waals surface area contributed by atoms with Gasteiger partial charge in [-0.25, -0.2) is 9.50 Å². The maximum Gasteiger partial charge on any atom is 0.257 e. The first kappa shape index (κ1) is 14.5. The van der Waals surface area contributed by atoms with E-state index >= 15 is 0 Å². The molecule has 1 aliphatic carbocycles. The molecule has 3 N–H and O–H groups in total. The summed E-state index contributed by atoms with van der Waals surface area (Å²) in [5.74, 6) is 0.328. The van der Waals surface area contributed by atoms with Crippen LogP contribution in [0, 0.1) is 11.3 Å². The molecule has 0 saturated heterocycles. The molecule has 2 atom stereocenters. The highest BCUT2D eigenvalue weighted by atomic mass is 79.9. The molecule has 0 radical (unpaired) electrons. The van der Waals surface area contributed by atoms with Crippen LogP contribution in [0.4, 0.5) is 0 Å². The molecule has 21 heavy (non-hydrogen) atoms. The number of rotatable bonds is 3. The lowest BCUT2D eigenvalue weighted by Gasteiger charge is -2.52. The summed E-state index contributed by atoms with van der Waals surface area (Å²) in [6.45, 7) is 4.94. The molecule has 1 fully saturated rings. The van der Waals surface area contributed by atoms with E-state index in [1.807, 2.05) is 0 Å². The Morgan fingerprint density at radius 1 is 1.57 bits per heavy atom. The highest BCUT2D eigenvalue weighted by Crippen LogP contribution is 2.45. The summed E-state index contributed by atoms with van der Waals surface area (Å²) in [5, 5.41) is 7.24. The fourth-order valence-corrected chi connectivity index (χ4v) is 3.21. The van der Waals surface area contributed by atoms with Crippen molar-refractivity contribution in [3.05, 3.63) is 28.6 Å². The summed E-state index contributed by atoms with van der Waals surface area (Å²) in [7, 11) is 0. The number of nitrogens with two attached hydrogens (primary N) is 1. The molecule has 0 bridgehead atoms. The second kappa shape index (κ2) is 5.06. The molecule has 0 aliphatic heterocycles. The van der Waals surface area contributed by atoms with Crippen LogP contribution in [0.1, 0.15) is 30.6 Å². The normalized spacial score (nSPS) is 23.8. The van der Waals surface area contributed by atoms with Gasteiger partial charge < -0.3 is 11.1 Å². The van der Waals surface area contributed by atoms with Crippen molar-refractivity contribution >= 4 is 27.5 Å². The molecule has 2 aromatic heterocycles. The minimum Gasteiger partial charge on any atom is -0.349 e. The van der Waals surface area contributed by atoms with Crippen LogP contribution in [0.5, 0.6) is 0 Å². The Labute approximate surface area is 131 Å². The fourth-order valence-electron chi connectivity index (χ4n) is 2.91. The van der Waals surface area contributed by atoms with Gasteiger partial charge in [-0.15, -0.1) is 0 Å². The number of carbonyl (C=O) groups is 1. The van der Waals surface area contributed by atoms with Crippen LogP contribution in [0.15, 0.2) is 23.1 Å². The maximum atomic E-state index is 12.4. The van der Waals surface area contributed by atoms with Crippen LogP contribution in [-0.2, 0) is 0 Å². The average Bonchev–Trinajstić information content (AvgIpc) is 2.85. The molecule has 112 valence electrons. The van der Waals surface area contributed by atoms with E-state index in [9.17, 15) is 4.79 Å². The number of nitrogens with zero attached hydrogens (tertiary/aromatic N) is 3. The van der Waals surface area contributed by atoms with Crippen molar-refractivity contribution in [3.8, 4) is 0 Å². The molecular formula is C14H18BrN5O. The van der Waals surface area contributed by atoms with Gasteiger partial charge in [0.1, 0.15) is 5.56 Å². The third kappa shape index (κ3) is 2.34. The van der Waals surface area contributed by atoms with E-state index in [0.717, 1.165) is 10.9 Å². The molecule has 0 aromatic carbocycles. The van der Waals surface area contributed by atoms with Crippen molar-refractivity contribution in [2.24, 2.45) is 17.1 Å². The number of amides is 1. The van der Waals surface area contributed by atoms with Gasteiger partial charge in [0.2, 0.25) is 0 Å². The molecule has 2 aromatic rings.